The number of nitrogens with one attached hydrogen (secondary N) is 1. The summed E-state index contributed by atoms with van der Waals surface area (Å²) in [4.78, 5) is 22.8. The molecule has 20 heavy (non-hydrogen) atoms. The van der Waals surface area contributed by atoms with Crippen LogP contribution in [0.1, 0.15) is 26.2 Å². The third-order valence-electron chi connectivity index (χ3n) is 3.98. The molecule has 1 saturated carbocycles. The van der Waals surface area contributed by atoms with Gasteiger partial charge in [-0.05, 0) is 25.7 Å². The smallest absolute Gasteiger partial charge is 0.454 e. The van der Waals surface area contributed by atoms with Crippen molar-refractivity contribution in [3.63, 3.8) is 0 Å². The van der Waals surface area contributed by atoms with Crippen molar-refractivity contribution in [1.82, 2.24) is 5.32 Å². The quantitative estimate of drug-likeness (QED) is 0.804. The van der Waals surface area contributed by atoms with E-state index in [2.05, 4.69) is 10.1 Å². The average Bonchev–Trinajstić information content (AvgIpc) is 2.77. The maximum atomic E-state index is 12.6. The van der Waals surface area contributed by atoms with Gasteiger partial charge in [-0.15, -0.1) is 0 Å². The van der Waals surface area contributed by atoms with Crippen LogP contribution in [0.2, 0.25) is 0 Å². The predicted molar refractivity (Wildman–Crippen MR) is 63.5 cm³/mol. The van der Waals surface area contributed by atoms with E-state index in [1.165, 1.54) is 14.0 Å². The molecule has 112 valence electrons. The third-order valence-corrected chi connectivity index (χ3v) is 3.98. The SMILES string of the molecule is COC(=O)C(C)NC1=C(C(=O)C(F)(F)F)C2CCCC12. The number of halogens is 3. The van der Waals surface area contributed by atoms with Gasteiger partial charge in [0.1, 0.15) is 6.04 Å². The van der Waals surface area contributed by atoms with Gasteiger partial charge in [-0.3, -0.25) is 4.79 Å². The highest BCUT2D eigenvalue weighted by Crippen LogP contribution is 2.52. The lowest BCUT2D eigenvalue weighted by molar-refractivity contribution is -0.168. The van der Waals surface area contributed by atoms with Crippen molar-refractivity contribution in [2.24, 2.45) is 11.8 Å². The Morgan fingerprint density at radius 3 is 2.45 bits per heavy atom. The number of methoxy groups -OCH3 is 1. The number of Topliss-reactive ketones (excluding diaryl/α,β-unsaturated/α-hetero) is 1. The van der Waals surface area contributed by atoms with Gasteiger partial charge in [0, 0.05) is 17.2 Å². The van der Waals surface area contributed by atoms with E-state index in [-0.39, 0.29) is 23.1 Å². The molecule has 4 nitrogen and oxygen atoms in total. The zero-order valence-electron chi connectivity index (χ0n) is 11.2. The summed E-state index contributed by atoms with van der Waals surface area (Å²) in [7, 11) is 1.20. The van der Waals surface area contributed by atoms with Gasteiger partial charge in [0.2, 0.25) is 0 Å². The van der Waals surface area contributed by atoms with Crippen LogP contribution in [0.3, 0.4) is 0 Å². The summed E-state index contributed by atoms with van der Waals surface area (Å²) in [6, 6.07) is -0.771. The van der Waals surface area contributed by atoms with Crippen molar-refractivity contribution in [1.29, 1.82) is 0 Å². The van der Waals surface area contributed by atoms with Crippen molar-refractivity contribution in [2.75, 3.05) is 7.11 Å². The number of esters is 1. The fourth-order valence-electron chi connectivity index (χ4n) is 3.05. The summed E-state index contributed by atoms with van der Waals surface area (Å²) in [5.74, 6) is -2.75. The predicted octanol–water partition coefficient (Wildman–Crippen LogP) is 1.95. The van der Waals surface area contributed by atoms with E-state index < -0.39 is 24.0 Å². The molecule has 0 radical (unpaired) electrons. The van der Waals surface area contributed by atoms with Gasteiger partial charge in [0.25, 0.3) is 5.78 Å². The van der Waals surface area contributed by atoms with E-state index in [4.69, 9.17) is 0 Å². The Morgan fingerprint density at radius 1 is 1.30 bits per heavy atom. The third kappa shape index (κ3) is 2.41. The number of fused-ring (bicyclic) bond motifs is 1. The summed E-state index contributed by atoms with van der Waals surface area (Å²) in [5, 5.41) is 2.73. The Labute approximate surface area is 114 Å². The fraction of sp³-hybridized carbons (Fsp3) is 0.692. The zero-order valence-corrected chi connectivity index (χ0v) is 11.2. The van der Waals surface area contributed by atoms with Crippen molar-refractivity contribution in [2.45, 2.75) is 38.4 Å². The highest BCUT2D eigenvalue weighted by Gasteiger charge is 2.53. The van der Waals surface area contributed by atoms with Crippen LogP contribution in [0.25, 0.3) is 0 Å². The first-order valence-corrected chi connectivity index (χ1v) is 6.47. The van der Waals surface area contributed by atoms with Crippen LogP contribution in [-0.4, -0.2) is 31.1 Å². The van der Waals surface area contributed by atoms with Crippen molar-refractivity contribution in [3.8, 4) is 0 Å². The van der Waals surface area contributed by atoms with Crippen molar-refractivity contribution < 1.29 is 27.5 Å². The number of rotatable bonds is 4. The molecule has 0 aromatic carbocycles. The molecule has 0 aliphatic heterocycles. The van der Waals surface area contributed by atoms with Crippen LogP contribution in [0.5, 0.6) is 0 Å². The lowest BCUT2D eigenvalue weighted by atomic mass is 9.71. The summed E-state index contributed by atoms with van der Waals surface area (Å²) in [6.07, 6.45) is -2.73. The maximum Gasteiger partial charge on any atom is 0.454 e. The number of ether oxygens (including phenoxy) is 1. The van der Waals surface area contributed by atoms with Crippen LogP contribution in [0.15, 0.2) is 11.3 Å². The Balaban J connectivity index is 2.24. The highest BCUT2D eigenvalue weighted by atomic mass is 19.4. The van der Waals surface area contributed by atoms with Crippen molar-refractivity contribution >= 4 is 11.8 Å². The molecule has 0 amide bonds. The normalized spacial score (nSPS) is 26.6. The topological polar surface area (TPSA) is 55.4 Å². The molecule has 0 heterocycles. The zero-order chi connectivity index (χ0) is 15.1. The molecule has 1 N–H and O–H groups in total. The van der Waals surface area contributed by atoms with Gasteiger partial charge in [0.05, 0.1) is 7.11 Å². The van der Waals surface area contributed by atoms with E-state index in [0.717, 1.165) is 12.8 Å². The molecule has 0 saturated heterocycles. The van der Waals surface area contributed by atoms with Gasteiger partial charge >= 0.3 is 12.1 Å². The molecule has 1 fully saturated rings. The number of alkyl halides is 3. The van der Waals surface area contributed by atoms with Gasteiger partial charge in [0.15, 0.2) is 0 Å². The van der Waals surface area contributed by atoms with Crippen molar-refractivity contribution in [3.05, 3.63) is 11.3 Å². The number of carbonyl (C=O) groups excluding carboxylic acids is 2. The maximum absolute atomic E-state index is 12.6. The minimum Gasteiger partial charge on any atom is -0.467 e. The second-order valence-corrected chi connectivity index (χ2v) is 5.19. The number of allylic oxidation sites excluding steroid dienone is 2. The monoisotopic (exact) mass is 291 g/mol. The Morgan fingerprint density at radius 2 is 1.90 bits per heavy atom. The molecule has 3 unspecified atom stereocenters. The van der Waals surface area contributed by atoms with E-state index in [0.29, 0.717) is 6.42 Å². The van der Waals surface area contributed by atoms with Crippen LogP contribution in [-0.2, 0) is 14.3 Å². The first-order chi connectivity index (χ1) is 9.27. The minimum absolute atomic E-state index is 0.0663. The van der Waals surface area contributed by atoms with E-state index in [1.54, 1.807) is 0 Å². The summed E-state index contributed by atoms with van der Waals surface area (Å²) in [5.41, 5.74) is 0.0727. The highest BCUT2D eigenvalue weighted by molar-refractivity contribution is 6.02. The second kappa shape index (κ2) is 5.10. The lowest BCUT2D eigenvalue weighted by Crippen LogP contribution is -2.46. The Hall–Kier alpha value is -1.53. The molecule has 2 aliphatic rings. The molecule has 0 bridgehead atoms. The molecular weight excluding hydrogens is 275 g/mol. The standard InChI is InChI=1S/C13H16F3NO3/c1-6(12(19)20-2)17-10-8-5-3-4-7(8)9(10)11(18)13(14,15)16/h6-8,17H,3-5H2,1-2H3. The number of ketones is 1. The van der Waals surface area contributed by atoms with Crippen LogP contribution in [0, 0.1) is 11.8 Å². The second-order valence-electron chi connectivity index (χ2n) is 5.19. The summed E-state index contributed by atoms with van der Waals surface area (Å²) >= 11 is 0. The molecule has 2 rings (SSSR count). The van der Waals surface area contributed by atoms with E-state index in [1.807, 2.05) is 0 Å². The first kappa shape index (κ1) is 14.9. The number of hydrogen-bond donors (Lipinski definition) is 1. The largest absolute Gasteiger partial charge is 0.467 e. The van der Waals surface area contributed by atoms with Crippen LogP contribution >= 0.6 is 0 Å². The molecule has 2 aliphatic carbocycles. The number of carbonyl (C=O) groups is 2. The van der Waals surface area contributed by atoms with Crippen LogP contribution in [0.4, 0.5) is 13.2 Å². The summed E-state index contributed by atoms with van der Waals surface area (Å²) in [6.45, 7) is 1.50. The Bertz CT molecular complexity index is 470. The average molecular weight is 291 g/mol. The Kier molecular flexibility index (Phi) is 3.80. The number of hydrogen-bond acceptors (Lipinski definition) is 4. The van der Waals surface area contributed by atoms with E-state index >= 15 is 0 Å². The minimum atomic E-state index is -4.87. The summed E-state index contributed by atoms with van der Waals surface area (Å²) < 4.78 is 42.4. The van der Waals surface area contributed by atoms with Gasteiger partial charge in [-0.2, -0.15) is 13.2 Å². The first-order valence-electron chi connectivity index (χ1n) is 6.47. The molecule has 3 atom stereocenters. The van der Waals surface area contributed by atoms with Crippen LogP contribution < -0.4 is 5.32 Å². The van der Waals surface area contributed by atoms with Gasteiger partial charge < -0.3 is 10.1 Å². The molecule has 0 spiro atoms. The van der Waals surface area contributed by atoms with Gasteiger partial charge in [-0.25, -0.2) is 4.79 Å². The molecule has 0 aromatic heterocycles. The molecular formula is C13H16F3NO3. The molecule has 7 heteroatoms. The van der Waals surface area contributed by atoms with E-state index in [9.17, 15) is 22.8 Å². The molecule has 0 aromatic rings. The van der Waals surface area contributed by atoms with Gasteiger partial charge in [-0.1, -0.05) is 6.42 Å². The fourth-order valence-corrected chi connectivity index (χ4v) is 3.05. The lowest BCUT2D eigenvalue weighted by Gasteiger charge is -2.38.